The van der Waals surface area contributed by atoms with Gasteiger partial charge >= 0.3 is 0 Å². The third-order valence-corrected chi connectivity index (χ3v) is 3.45. The van der Waals surface area contributed by atoms with Crippen LogP contribution in [0.1, 0.15) is 6.42 Å². The maximum Gasteiger partial charge on any atom is 0.0599 e. The van der Waals surface area contributed by atoms with Crippen LogP contribution < -0.4 is 0 Å². The van der Waals surface area contributed by atoms with Crippen LogP contribution in [0.25, 0.3) is 0 Å². The molecule has 0 nitrogen and oxygen atoms in total. The standard InChI is InChI=1S/C7H12Si/c1-8(2)7-5-3-4-6-7/h3-5,8H,6H2,1-2H3. The average Bonchev–Trinajstić information content (AvgIpc) is 2.12. The zero-order valence-electron chi connectivity index (χ0n) is 5.52. The molecule has 44 valence electrons. The fourth-order valence-corrected chi connectivity index (χ4v) is 2.00. The minimum absolute atomic E-state index is 0.424. The molecular formula is C7H12Si. The lowest BCUT2D eigenvalue weighted by Gasteiger charge is -2.00. The Hall–Kier alpha value is -0.303. The van der Waals surface area contributed by atoms with Gasteiger partial charge in [0.2, 0.25) is 0 Å². The summed E-state index contributed by atoms with van der Waals surface area (Å²) >= 11 is 0. The van der Waals surface area contributed by atoms with Gasteiger partial charge in [-0.25, -0.2) is 0 Å². The van der Waals surface area contributed by atoms with Crippen molar-refractivity contribution in [3.8, 4) is 0 Å². The SMILES string of the molecule is C[SiH](C)C1=CC=CC1. The normalized spacial score (nSPS) is 17.6. The lowest BCUT2D eigenvalue weighted by molar-refractivity contribution is 1.38. The van der Waals surface area contributed by atoms with Crippen LogP contribution >= 0.6 is 0 Å². The Morgan fingerprint density at radius 3 is 2.50 bits per heavy atom. The number of rotatable bonds is 1. The van der Waals surface area contributed by atoms with Gasteiger partial charge in [0.1, 0.15) is 0 Å². The zero-order chi connectivity index (χ0) is 5.98. The Balaban J connectivity index is 2.51. The zero-order valence-corrected chi connectivity index (χ0v) is 6.67. The molecule has 1 rings (SSSR count). The third-order valence-electron chi connectivity index (χ3n) is 1.54. The molecule has 0 aromatic heterocycles. The Morgan fingerprint density at radius 1 is 1.50 bits per heavy atom. The summed E-state index contributed by atoms with van der Waals surface area (Å²) in [7, 11) is -0.424. The van der Waals surface area contributed by atoms with Gasteiger partial charge < -0.3 is 0 Å². The van der Waals surface area contributed by atoms with Crippen molar-refractivity contribution in [3.63, 3.8) is 0 Å². The maximum atomic E-state index is 2.37. The van der Waals surface area contributed by atoms with Gasteiger partial charge in [0, 0.05) is 0 Å². The Labute approximate surface area is 52.5 Å². The molecule has 1 aliphatic rings. The smallest absolute Gasteiger partial charge is 0.0599 e. The van der Waals surface area contributed by atoms with Crippen molar-refractivity contribution in [1.29, 1.82) is 0 Å². The van der Waals surface area contributed by atoms with E-state index in [1.54, 1.807) is 5.20 Å². The first-order chi connectivity index (χ1) is 3.80. The van der Waals surface area contributed by atoms with Crippen LogP contribution in [0.2, 0.25) is 13.1 Å². The van der Waals surface area contributed by atoms with E-state index in [9.17, 15) is 0 Å². The van der Waals surface area contributed by atoms with E-state index < -0.39 is 8.80 Å². The van der Waals surface area contributed by atoms with E-state index in [-0.39, 0.29) is 0 Å². The van der Waals surface area contributed by atoms with E-state index in [0.717, 1.165) is 0 Å². The number of allylic oxidation sites excluding steroid dienone is 4. The molecule has 0 atom stereocenters. The van der Waals surface area contributed by atoms with Gasteiger partial charge in [-0.05, 0) is 6.42 Å². The highest BCUT2D eigenvalue weighted by Gasteiger charge is 2.03. The monoisotopic (exact) mass is 124 g/mol. The highest BCUT2D eigenvalue weighted by atomic mass is 28.3. The highest BCUT2D eigenvalue weighted by molar-refractivity contribution is 6.64. The molecule has 0 heterocycles. The minimum atomic E-state index is -0.424. The van der Waals surface area contributed by atoms with Gasteiger partial charge in [0.05, 0.1) is 8.80 Å². The Kier molecular flexibility index (Phi) is 1.68. The van der Waals surface area contributed by atoms with Crippen molar-refractivity contribution in [2.45, 2.75) is 19.5 Å². The molecular weight excluding hydrogens is 112 g/mol. The summed E-state index contributed by atoms with van der Waals surface area (Å²) in [6.07, 6.45) is 7.92. The molecule has 8 heavy (non-hydrogen) atoms. The second-order valence-electron chi connectivity index (χ2n) is 2.53. The van der Waals surface area contributed by atoms with Gasteiger partial charge in [-0.1, -0.05) is 36.5 Å². The van der Waals surface area contributed by atoms with E-state index in [2.05, 4.69) is 31.3 Å². The summed E-state index contributed by atoms with van der Waals surface area (Å²) in [6.45, 7) is 4.75. The molecule has 1 heteroatoms. The van der Waals surface area contributed by atoms with E-state index in [0.29, 0.717) is 0 Å². The van der Waals surface area contributed by atoms with E-state index in [1.165, 1.54) is 6.42 Å². The number of hydrogen-bond acceptors (Lipinski definition) is 0. The Bertz CT molecular complexity index is 131. The molecule has 0 saturated heterocycles. The van der Waals surface area contributed by atoms with Gasteiger partial charge in [-0.3, -0.25) is 0 Å². The third kappa shape index (κ3) is 1.10. The minimum Gasteiger partial charge on any atom is -0.0809 e. The van der Waals surface area contributed by atoms with Crippen molar-refractivity contribution in [2.24, 2.45) is 0 Å². The molecule has 0 aromatic rings. The maximum absolute atomic E-state index is 2.37. The lowest BCUT2D eigenvalue weighted by atomic mass is 10.5. The van der Waals surface area contributed by atoms with Crippen molar-refractivity contribution in [2.75, 3.05) is 0 Å². The average molecular weight is 124 g/mol. The molecule has 0 aliphatic heterocycles. The predicted octanol–water partition coefficient (Wildman–Crippen LogP) is 1.90. The summed E-state index contributed by atoms with van der Waals surface area (Å²) in [5.41, 5.74) is 0. The first kappa shape index (κ1) is 5.83. The fraction of sp³-hybridized carbons (Fsp3) is 0.429. The molecule has 0 bridgehead atoms. The van der Waals surface area contributed by atoms with E-state index in [4.69, 9.17) is 0 Å². The van der Waals surface area contributed by atoms with Gasteiger partial charge in [-0.2, -0.15) is 0 Å². The second kappa shape index (κ2) is 2.31. The first-order valence-electron chi connectivity index (χ1n) is 3.16. The van der Waals surface area contributed by atoms with E-state index in [1.807, 2.05) is 0 Å². The molecule has 0 fully saturated rings. The quantitative estimate of drug-likeness (QED) is 0.468. The van der Waals surface area contributed by atoms with Gasteiger partial charge in [0.15, 0.2) is 0 Å². The molecule has 0 N–H and O–H groups in total. The second-order valence-corrected chi connectivity index (χ2v) is 5.58. The molecule has 0 spiro atoms. The summed E-state index contributed by atoms with van der Waals surface area (Å²) in [5.74, 6) is 0. The first-order valence-corrected chi connectivity index (χ1v) is 6.05. The highest BCUT2D eigenvalue weighted by Crippen LogP contribution is 2.12. The van der Waals surface area contributed by atoms with E-state index >= 15 is 0 Å². The van der Waals surface area contributed by atoms with Crippen molar-refractivity contribution in [1.82, 2.24) is 0 Å². The van der Waals surface area contributed by atoms with Crippen LogP contribution in [-0.4, -0.2) is 8.80 Å². The van der Waals surface area contributed by atoms with Crippen LogP contribution in [0.5, 0.6) is 0 Å². The van der Waals surface area contributed by atoms with Crippen molar-refractivity contribution >= 4 is 8.80 Å². The van der Waals surface area contributed by atoms with Crippen molar-refractivity contribution < 1.29 is 0 Å². The Morgan fingerprint density at radius 2 is 2.25 bits per heavy atom. The summed E-state index contributed by atoms with van der Waals surface area (Å²) in [4.78, 5) is 0. The predicted molar refractivity (Wildman–Crippen MR) is 40.7 cm³/mol. The topological polar surface area (TPSA) is 0 Å². The van der Waals surface area contributed by atoms with Gasteiger partial charge in [0.25, 0.3) is 0 Å². The van der Waals surface area contributed by atoms with Crippen LogP contribution in [-0.2, 0) is 0 Å². The molecule has 0 saturated carbocycles. The molecule has 0 aromatic carbocycles. The van der Waals surface area contributed by atoms with Crippen LogP contribution in [0.4, 0.5) is 0 Å². The van der Waals surface area contributed by atoms with Crippen LogP contribution in [0.3, 0.4) is 0 Å². The largest absolute Gasteiger partial charge is 0.0809 e. The van der Waals surface area contributed by atoms with Gasteiger partial charge in [-0.15, -0.1) is 0 Å². The van der Waals surface area contributed by atoms with Crippen LogP contribution in [0, 0.1) is 0 Å². The molecule has 0 unspecified atom stereocenters. The summed E-state index contributed by atoms with van der Waals surface area (Å²) < 4.78 is 0. The number of hydrogen-bond donors (Lipinski definition) is 0. The molecule has 1 aliphatic carbocycles. The van der Waals surface area contributed by atoms with Crippen LogP contribution in [0.15, 0.2) is 23.4 Å². The molecule has 0 radical (unpaired) electrons. The molecule has 0 amide bonds. The van der Waals surface area contributed by atoms with Crippen molar-refractivity contribution in [3.05, 3.63) is 23.4 Å². The summed E-state index contributed by atoms with van der Waals surface area (Å²) in [5, 5.41) is 1.70. The lowest BCUT2D eigenvalue weighted by Crippen LogP contribution is -2.02. The fourth-order valence-electron chi connectivity index (χ4n) is 0.892. The summed E-state index contributed by atoms with van der Waals surface area (Å²) in [6, 6.07) is 0.